The van der Waals surface area contributed by atoms with Crippen molar-refractivity contribution in [1.29, 1.82) is 0 Å². The van der Waals surface area contributed by atoms with Crippen LogP contribution in [0, 0.1) is 12.3 Å². The highest BCUT2D eigenvalue weighted by Gasteiger charge is 2.07. The van der Waals surface area contributed by atoms with Crippen LogP contribution in [0.2, 0.25) is 0 Å². The number of nitrogens with zero attached hydrogens (tertiary/aromatic N) is 2. The lowest BCUT2D eigenvalue weighted by Crippen LogP contribution is -2.24. The van der Waals surface area contributed by atoms with Crippen LogP contribution < -0.4 is 10.9 Å². The lowest BCUT2D eigenvalue weighted by Gasteiger charge is -2.09. The van der Waals surface area contributed by atoms with E-state index in [4.69, 9.17) is 6.42 Å². The molecular weight excluding hydrogens is 306 g/mol. The second-order valence-electron chi connectivity index (χ2n) is 4.34. The standard InChI is InChI=1S/C14H20BrN3O/c1-3-5-7-8-9-16-12-11-17-18(10-6-4-2)14(19)13(12)15/h1,11,16H,4-10H2,2H3. The van der Waals surface area contributed by atoms with Crippen molar-refractivity contribution < 1.29 is 0 Å². The third kappa shape index (κ3) is 5.07. The van der Waals surface area contributed by atoms with E-state index in [1.807, 2.05) is 0 Å². The summed E-state index contributed by atoms with van der Waals surface area (Å²) in [4.78, 5) is 12.0. The molecular formula is C14H20BrN3O. The first-order valence-corrected chi connectivity index (χ1v) is 7.43. The molecule has 0 bridgehead atoms. The molecule has 0 spiro atoms. The van der Waals surface area contributed by atoms with E-state index in [0.717, 1.165) is 44.3 Å². The SMILES string of the molecule is C#CCCCCNc1cnn(CCCC)c(=O)c1Br. The summed E-state index contributed by atoms with van der Waals surface area (Å²) < 4.78 is 2.05. The minimum atomic E-state index is -0.0814. The third-order valence-corrected chi connectivity index (χ3v) is 3.54. The van der Waals surface area contributed by atoms with Crippen LogP contribution in [0.5, 0.6) is 0 Å². The van der Waals surface area contributed by atoms with Gasteiger partial charge in [0.25, 0.3) is 5.56 Å². The molecule has 0 fully saturated rings. The highest BCUT2D eigenvalue weighted by Crippen LogP contribution is 2.16. The molecule has 1 N–H and O–H groups in total. The van der Waals surface area contributed by atoms with Crippen molar-refractivity contribution in [2.24, 2.45) is 0 Å². The Morgan fingerprint density at radius 2 is 2.26 bits per heavy atom. The van der Waals surface area contributed by atoms with E-state index >= 15 is 0 Å². The monoisotopic (exact) mass is 325 g/mol. The number of hydrogen-bond acceptors (Lipinski definition) is 3. The van der Waals surface area contributed by atoms with Gasteiger partial charge in [0.1, 0.15) is 4.47 Å². The number of aromatic nitrogens is 2. The maximum Gasteiger partial charge on any atom is 0.283 e. The van der Waals surface area contributed by atoms with Crippen LogP contribution in [-0.4, -0.2) is 16.3 Å². The minimum Gasteiger partial charge on any atom is -0.383 e. The van der Waals surface area contributed by atoms with Gasteiger partial charge < -0.3 is 5.32 Å². The number of anilines is 1. The molecule has 0 aliphatic rings. The van der Waals surface area contributed by atoms with Crippen molar-refractivity contribution in [3.8, 4) is 12.3 Å². The molecule has 0 unspecified atom stereocenters. The summed E-state index contributed by atoms with van der Waals surface area (Å²) in [6, 6.07) is 0. The first kappa shape index (κ1) is 15.8. The van der Waals surface area contributed by atoms with Crippen LogP contribution in [-0.2, 0) is 6.54 Å². The highest BCUT2D eigenvalue weighted by atomic mass is 79.9. The number of aryl methyl sites for hydroxylation is 1. The highest BCUT2D eigenvalue weighted by molar-refractivity contribution is 9.10. The number of halogens is 1. The maximum absolute atomic E-state index is 12.0. The zero-order valence-electron chi connectivity index (χ0n) is 11.3. The van der Waals surface area contributed by atoms with Gasteiger partial charge in [-0.05, 0) is 35.2 Å². The van der Waals surface area contributed by atoms with Gasteiger partial charge in [-0.25, -0.2) is 4.68 Å². The zero-order valence-corrected chi connectivity index (χ0v) is 12.9. The van der Waals surface area contributed by atoms with Gasteiger partial charge in [-0.1, -0.05) is 13.3 Å². The number of unbranched alkanes of at least 4 members (excludes halogenated alkanes) is 3. The van der Waals surface area contributed by atoms with Crippen molar-refractivity contribution in [2.75, 3.05) is 11.9 Å². The molecule has 0 saturated carbocycles. The topological polar surface area (TPSA) is 46.9 Å². The van der Waals surface area contributed by atoms with Crippen molar-refractivity contribution >= 4 is 21.6 Å². The zero-order chi connectivity index (χ0) is 14.1. The predicted molar refractivity (Wildman–Crippen MR) is 82.3 cm³/mol. The first-order chi connectivity index (χ1) is 9.20. The number of hydrogen-bond donors (Lipinski definition) is 1. The van der Waals surface area contributed by atoms with Gasteiger partial charge in [0.05, 0.1) is 11.9 Å². The Balaban J connectivity index is 2.59. The molecule has 0 amide bonds. The quantitative estimate of drug-likeness (QED) is 0.590. The summed E-state index contributed by atoms with van der Waals surface area (Å²) in [7, 11) is 0. The molecule has 1 aromatic rings. The molecule has 104 valence electrons. The van der Waals surface area contributed by atoms with E-state index in [0.29, 0.717) is 11.0 Å². The van der Waals surface area contributed by atoms with Gasteiger partial charge in [-0.3, -0.25) is 4.79 Å². The molecule has 19 heavy (non-hydrogen) atoms. The van der Waals surface area contributed by atoms with E-state index in [1.165, 1.54) is 4.68 Å². The fourth-order valence-corrected chi connectivity index (χ4v) is 2.08. The smallest absolute Gasteiger partial charge is 0.283 e. The molecule has 4 nitrogen and oxygen atoms in total. The average molecular weight is 326 g/mol. The molecule has 0 aliphatic heterocycles. The number of terminal acetylenes is 1. The summed E-state index contributed by atoms with van der Waals surface area (Å²) in [5.74, 6) is 2.61. The van der Waals surface area contributed by atoms with Crippen LogP contribution >= 0.6 is 15.9 Å². The Morgan fingerprint density at radius 3 is 2.95 bits per heavy atom. The van der Waals surface area contributed by atoms with Crippen LogP contribution in [0.15, 0.2) is 15.5 Å². The second kappa shape index (κ2) is 8.76. The Kier molecular flexibility index (Phi) is 7.27. The maximum atomic E-state index is 12.0. The Morgan fingerprint density at radius 1 is 1.47 bits per heavy atom. The van der Waals surface area contributed by atoms with Gasteiger partial charge in [-0.2, -0.15) is 5.10 Å². The lowest BCUT2D eigenvalue weighted by atomic mass is 10.2. The fourth-order valence-electron chi connectivity index (χ4n) is 1.63. The van der Waals surface area contributed by atoms with Gasteiger partial charge in [-0.15, -0.1) is 12.3 Å². The molecule has 0 aromatic carbocycles. The molecule has 1 rings (SSSR count). The summed E-state index contributed by atoms with van der Waals surface area (Å²) >= 11 is 3.34. The van der Waals surface area contributed by atoms with Gasteiger partial charge in [0.2, 0.25) is 0 Å². The van der Waals surface area contributed by atoms with Crippen LogP contribution in [0.25, 0.3) is 0 Å². The third-order valence-electron chi connectivity index (χ3n) is 2.77. The Labute approximate surface area is 122 Å². The van der Waals surface area contributed by atoms with Crippen molar-refractivity contribution in [3.05, 3.63) is 21.0 Å². The van der Waals surface area contributed by atoms with Crippen molar-refractivity contribution in [2.45, 2.75) is 45.6 Å². The molecule has 1 heterocycles. The van der Waals surface area contributed by atoms with E-state index < -0.39 is 0 Å². The molecule has 0 aliphatic carbocycles. The van der Waals surface area contributed by atoms with Gasteiger partial charge in [0.15, 0.2) is 0 Å². The van der Waals surface area contributed by atoms with E-state index in [9.17, 15) is 4.79 Å². The van der Waals surface area contributed by atoms with Crippen molar-refractivity contribution in [3.63, 3.8) is 0 Å². The largest absolute Gasteiger partial charge is 0.383 e. The molecule has 1 aromatic heterocycles. The normalized spacial score (nSPS) is 10.2. The van der Waals surface area contributed by atoms with Crippen LogP contribution in [0.3, 0.4) is 0 Å². The molecule has 5 heteroatoms. The van der Waals surface area contributed by atoms with Gasteiger partial charge >= 0.3 is 0 Å². The average Bonchev–Trinajstić information content (AvgIpc) is 2.42. The second-order valence-corrected chi connectivity index (χ2v) is 5.14. The molecule has 0 saturated heterocycles. The Hall–Kier alpha value is -1.28. The van der Waals surface area contributed by atoms with E-state index in [-0.39, 0.29) is 5.56 Å². The fraction of sp³-hybridized carbons (Fsp3) is 0.571. The lowest BCUT2D eigenvalue weighted by molar-refractivity contribution is 0.541. The minimum absolute atomic E-state index is 0.0814. The summed E-state index contributed by atoms with van der Waals surface area (Å²) in [5, 5.41) is 7.38. The Bertz CT molecular complexity index is 490. The predicted octanol–water partition coefficient (Wildman–Crippen LogP) is 3.02. The molecule has 0 radical (unpaired) electrons. The first-order valence-electron chi connectivity index (χ1n) is 6.63. The van der Waals surface area contributed by atoms with Crippen LogP contribution in [0.1, 0.15) is 39.0 Å². The number of nitrogens with one attached hydrogen (secondary N) is 1. The molecule has 0 atom stereocenters. The van der Waals surface area contributed by atoms with Crippen molar-refractivity contribution in [1.82, 2.24) is 9.78 Å². The van der Waals surface area contributed by atoms with Gasteiger partial charge in [0, 0.05) is 19.5 Å². The summed E-state index contributed by atoms with van der Waals surface area (Å²) in [6.07, 6.45) is 11.6. The van der Waals surface area contributed by atoms with Crippen LogP contribution in [0.4, 0.5) is 5.69 Å². The van der Waals surface area contributed by atoms with E-state index in [1.54, 1.807) is 6.20 Å². The van der Waals surface area contributed by atoms with E-state index in [2.05, 4.69) is 39.2 Å². The summed E-state index contributed by atoms with van der Waals surface area (Å²) in [6.45, 7) is 3.54. The number of rotatable bonds is 8. The summed E-state index contributed by atoms with van der Waals surface area (Å²) in [5.41, 5.74) is 0.667.